The van der Waals surface area contributed by atoms with Crippen molar-refractivity contribution >= 4 is 28.4 Å². The maximum Gasteiger partial charge on any atom is 0.417 e. The molecule has 0 aromatic carbocycles. The number of aromatic amines is 1. The van der Waals surface area contributed by atoms with Crippen molar-refractivity contribution in [2.24, 2.45) is 7.05 Å². The van der Waals surface area contributed by atoms with E-state index in [4.69, 9.17) is 9.47 Å². The van der Waals surface area contributed by atoms with Gasteiger partial charge in [0.2, 0.25) is 5.88 Å². The maximum absolute atomic E-state index is 15.3. The van der Waals surface area contributed by atoms with Gasteiger partial charge >= 0.3 is 12.2 Å². The van der Waals surface area contributed by atoms with Crippen LogP contribution in [0.4, 0.5) is 33.7 Å². The minimum atomic E-state index is -4.71. The molecule has 2 atom stereocenters. The molecule has 11 nitrogen and oxygen atoms in total. The highest BCUT2D eigenvalue weighted by molar-refractivity contribution is 5.89. The van der Waals surface area contributed by atoms with Gasteiger partial charge in [-0.05, 0) is 18.6 Å². The molecule has 4 rings (SSSR count). The number of hydrogen-bond donors (Lipinski definition) is 2. The molecule has 2 N–H and O–H groups in total. The van der Waals surface area contributed by atoms with E-state index in [0.717, 1.165) is 16.5 Å². The van der Waals surface area contributed by atoms with Gasteiger partial charge in [0.15, 0.2) is 5.65 Å². The lowest BCUT2D eigenvalue weighted by Gasteiger charge is -2.39. The number of alkyl halides is 4. The van der Waals surface area contributed by atoms with Crippen LogP contribution in [0.3, 0.4) is 0 Å². The molecule has 0 spiro atoms. The van der Waals surface area contributed by atoms with Crippen molar-refractivity contribution in [3.8, 4) is 5.88 Å². The number of amides is 2. The number of aromatic nitrogens is 4. The summed E-state index contributed by atoms with van der Waals surface area (Å²) < 4.78 is 66.0. The van der Waals surface area contributed by atoms with E-state index in [1.807, 2.05) is 0 Å². The van der Waals surface area contributed by atoms with Crippen LogP contribution in [-0.4, -0.2) is 83.4 Å². The molecular weight excluding hydrogens is 514 g/mol. The van der Waals surface area contributed by atoms with E-state index in [0.29, 0.717) is 54.6 Å². The molecule has 1 aliphatic heterocycles. The van der Waals surface area contributed by atoms with Crippen LogP contribution >= 0.6 is 0 Å². The summed E-state index contributed by atoms with van der Waals surface area (Å²) in [4.78, 5) is 32.2. The first kappa shape index (κ1) is 27.2. The van der Waals surface area contributed by atoms with E-state index in [9.17, 15) is 22.8 Å². The Hall–Kier alpha value is -3.88. The van der Waals surface area contributed by atoms with Crippen molar-refractivity contribution < 1.29 is 31.8 Å². The number of urea groups is 1. The lowest BCUT2D eigenvalue weighted by molar-refractivity contribution is -0.138. The second kappa shape index (κ2) is 10.8. The largest absolute Gasteiger partial charge is 0.474 e. The smallest absolute Gasteiger partial charge is 0.417 e. The van der Waals surface area contributed by atoms with Gasteiger partial charge in [-0.3, -0.25) is 9.89 Å². The topological polar surface area (TPSA) is 118 Å². The number of methoxy groups -OCH3 is 1. The van der Waals surface area contributed by atoms with Crippen LogP contribution < -0.4 is 20.5 Å². The summed E-state index contributed by atoms with van der Waals surface area (Å²) in [6.45, 7) is 0.985. The number of fused-ring (bicyclic) bond motifs is 1. The summed E-state index contributed by atoms with van der Waals surface area (Å²) >= 11 is 0. The van der Waals surface area contributed by atoms with Gasteiger partial charge in [-0.25, -0.2) is 14.2 Å². The van der Waals surface area contributed by atoms with Crippen LogP contribution in [-0.2, 0) is 18.0 Å². The van der Waals surface area contributed by atoms with Gasteiger partial charge in [0, 0.05) is 33.9 Å². The summed E-state index contributed by atoms with van der Waals surface area (Å²) in [5.41, 5.74) is -1.32. The van der Waals surface area contributed by atoms with E-state index in [1.54, 1.807) is 24.3 Å². The number of nitrogens with zero attached hydrogens (tertiary/aromatic N) is 5. The molecule has 1 saturated heterocycles. The number of rotatable bonds is 7. The molecule has 3 aromatic rings. The monoisotopic (exact) mass is 541 g/mol. The number of halogens is 4. The molecule has 15 heteroatoms. The third-order valence-electron chi connectivity index (χ3n) is 6.34. The molecule has 0 aliphatic carbocycles. The Balaban J connectivity index is 1.44. The molecule has 1 aliphatic rings. The number of nitrogens with one attached hydrogen (secondary N) is 2. The molecular formula is C23H27F4N7O4. The van der Waals surface area contributed by atoms with Crippen molar-refractivity contribution in [1.29, 1.82) is 0 Å². The molecule has 206 valence electrons. The zero-order valence-electron chi connectivity index (χ0n) is 20.9. The Labute approximate surface area is 214 Å². The highest BCUT2D eigenvalue weighted by atomic mass is 19.4. The van der Waals surface area contributed by atoms with Gasteiger partial charge in [-0.1, -0.05) is 0 Å². The Bertz CT molecular complexity index is 1360. The fourth-order valence-corrected chi connectivity index (χ4v) is 4.25. The fourth-order valence-electron chi connectivity index (χ4n) is 4.25. The van der Waals surface area contributed by atoms with Crippen LogP contribution in [0.1, 0.15) is 12.0 Å². The molecule has 0 bridgehead atoms. The average molecular weight is 542 g/mol. The predicted molar refractivity (Wildman–Crippen MR) is 130 cm³/mol. The number of piperidine rings is 1. The third-order valence-corrected chi connectivity index (χ3v) is 6.34. The summed E-state index contributed by atoms with van der Waals surface area (Å²) in [5, 5.41) is 9.68. The van der Waals surface area contributed by atoms with Crippen LogP contribution in [0.25, 0.3) is 11.0 Å². The van der Waals surface area contributed by atoms with E-state index in [-0.39, 0.29) is 13.0 Å². The maximum atomic E-state index is 15.3. The first-order valence-corrected chi connectivity index (χ1v) is 11.7. The van der Waals surface area contributed by atoms with E-state index >= 15 is 4.39 Å². The number of ether oxygens (including phenoxy) is 2. The zero-order chi connectivity index (χ0) is 27.6. The van der Waals surface area contributed by atoms with Crippen molar-refractivity contribution in [3.63, 3.8) is 0 Å². The Morgan fingerprint density at radius 2 is 2.08 bits per heavy atom. The van der Waals surface area contributed by atoms with Crippen LogP contribution in [0.2, 0.25) is 0 Å². The molecule has 0 unspecified atom stereocenters. The van der Waals surface area contributed by atoms with E-state index < -0.39 is 41.2 Å². The second-order valence-electron chi connectivity index (χ2n) is 8.88. The Kier molecular flexibility index (Phi) is 7.76. The third kappa shape index (κ3) is 5.66. The lowest BCUT2D eigenvalue weighted by atomic mass is 10.0. The van der Waals surface area contributed by atoms with Crippen LogP contribution in [0.5, 0.6) is 5.88 Å². The number of anilines is 2. The van der Waals surface area contributed by atoms with Crippen molar-refractivity contribution in [2.45, 2.75) is 24.8 Å². The Morgan fingerprint density at radius 1 is 1.32 bits per heavy atom. The first-order chi connectivity index (χ1) is 18.0. The van der Waals surface area contributed by atoms with Crippen molar-refractivity contribution in [1.82, 2.24) is 24.6 Å². The minimum Gasteiger partial charge on any atom is -0.474 e. The molecule has 0 saturated carbocycles. The van der Waals surface area contributed by atoms with E-state index in [2.05, 4.69) is 20.5 Å². The lowest BCUT2D eigenvalue weighted by Crippen LogP contribution is -2.54. The highest BCUT2D eigenvalue weighted by Crippen LogP contribution is 2.31. The molecule has 38 heavy (non-hydrogen) atoms. The SMILES string of the molecule is COCCOc1n[nH]c2ncc(N3CC[C@H](N(C)C(=O)Nc4cc(C(F)(F)F)cn(C)c4=O)[C@H](F)C3)cc12. The number of aryl methyl sites for hydroxylation is 1. The molecule has 1 fully saturated rings. The predicted octanol–water partition coefficient (Wildman–Crippen LogP) is 2.78. The minimum absolute atomic E-state index is 0.0570. The molecule has 2 amide bonds. The van der Waals surface area contributed by atoms with Crippen molar-refractivity contribution in [3.05, 3.63) is 40.4 Å². The molecule has 4 heterocycles. The summed E-state index contributed by atoms with van der Waals surface area (Å²) in [5.74, 6) is 0.343. The fraction of sp³-hybridized carbons (Fsp3) is 0.478. The number of H-pyrrole nitrogens is 1. The summed E-state index contributed by atoms with van der Waals surface area (Å²) in [7, 11) is 4.04. The normalized spacial score (nSPS) is 18.0. The van der Waals surface area contributed by atoms with Crippen LogP contribution in [0, 0.1) is 0 Å². The van der Waals surface area contributed by atoms with E-state index in [1.165, 1.54) is 7.05 Å². The highest BCUT2D eigenvalue weighted by Gasteiger charge is 2.36. The van der Waals surface area contributed by atoms with Gasteiger partial charge < -0.3 is 29.2 Å². The molecule has 3 aromatic heterocycles. The quantitative estimate of drug-likeness (QED) is 0.349. The summed E-state index contributed by atoms with van der Waals surface area (Å²) in [6, 6.07) is 0.595. The number of carbonyl (C=O) groups excluding carboxylic acids is 1. The van der Waals surface area contributed by atoms with Gasteiger partial charge in [-0.2, -0.15) is 13.2 Å². The van der Waals surface area contributed by atoms with Gasteiger partial charge in [-0.15, -0.1) is 5.10 Å². The average Bonchev–Trinajstić information content (AvgIpc) is 3.28. The number of carbonyl (C=O) groups is 1. The number of pyridine rings is 2. The van der Waals surface area contributed by atoms with Gasteiger partial charge in [0.25, 0.3) is 5.56 Å². The molecule has 0 radical (unpaired) electrons. The number of hydrogen-bond acceptors (Lipinski definition) is 7. The summed E-state index contributed by atoms with van der Waals surface area (Å²) in [6.07, 6.45) is -3.75. The zero-order valence-corrected chi connectivity index (χ0v) is 20.9. The van der Waals surface area contributed by atoms with Crippen LogP contribution in [0.15, 0.2) is 29.3 Å². The first-order valence-electron chi connectivity index (χ1n) is 11.7. The standard InChI is InChI=1S/C23H27F4N7O4/c1-32-11-13(23(25,26)27)8-17(21(32)35)29-22(36)33(2)18-4-5-34(12-16(18)24)14-9-15-19(28-10-14)30-31-20(15)38-7-6-37-3/h8-11,16,18H,4-7,12H2,1-3H3,(H,29,36)(H,28,30,31)/t16-,18+/m1/s1. The van der Waals surface area contributed by atoms with Gasteiger partial charge in [0.05, 0.1) is 42.0 Å². The van der Waals surface area contributed by atoms with Gasteiger partial charge in [0.1, 0.15) is 18.5 Å². The second-order valence-corrected chi connectivity index (χ2v) is 8.88. The van der Waals surface area contributed by atoms with Crippen molar-refractivity contribution in [2.75, 3.05) is 50.7 Å². The Morgan fingerprint density at radius 3 is 2.76 bits per heavy atom.